The Morgan fingerprint density at radius 3 is 2.40 bits per heavy atom. The van der Waals surface area contributed by atoms with Crippen molar-refractivity contribution in [1.29, 1.82) is 0 Å². The van der Waals surface area contributed by atoms with Gasteiger partial charge in [0.2, 0.25) is 0 Å². The first-order valence-electron chi connectivity index (χ1n) is 3.17. The number of nitrogens with two attached hydrogens (primary N) is 1. The molecular formula is C6H14N2O2. The van der Waals surface area contributed by atoms with Crippen LogP contribution in [0.5, 0.6) is 0 Å². The van der Waals surface area contributed by atoms with Crippen molar-refractivity contribution < 1.29 is 9.53 Å². The van der Waals surface area contributed by atoms with Crippen molar-refractivity contribution in [2.75, 3.05) is 7.11 Å². The summed E-state index contributed by atoms with van der Waals surface area (Å²) in [6.45, 7) is 3.55. The average molecular weight is 146 g/mol. The van der Waals surface area contributed by atoms with E-state index in [0.717, 1.165) is 0 Å². The van der Waals surface area contributed by atoms with Gasteiger partial charge in [-0.15, -0.1) is 0 Å². The Kier molecular flexibility index (Phi) is 3.32. The first-order valence-corrected chi connectivity index (χ1v) is 3.17. The lowest BCUT2D eigenvalue weighted by Crippen LogP contribution is -2.48. The summed E-state index contributed by atoms with van der Waals surface area (Å²) in [6.07, 6.45) is 0.604. The third-order valence-corrected chi connectivity index (χ3v) is 1.74. The van der Waals surface area contributed by atoms with E-state index in [4.69, 9.17) is 10.6 Å². The van der Waals surface area contributed by atoms with Crippen LogP contribution in [0.1, 0.15) is 20.3 Å². The molecule has 1 atom stereocenters. The van der Waals surface area contributed by atoms with E-state index in [0.29, 0.717) is 6.42 Å². The van der Waals surface area contributed by atoms with Crippen LogP contribution in [0, 0.1) is 0 Å². The van der Waals surface area contributed by atoms with Gasteiger partial charge in [-0.25, -0.2) is 5.84 Å². The highest BCUT2D eigenvalue weighted by Gasteiger charge is 2.29. The summed E-state index contributed by atoms with van der Waals surface area (Å²) in [7, 11) is 1.48. The van der Waals surface area contributed by atoms with Gasteiger partial charge in [-0.1, -0.05) is 6.92 Å². The maximum atomic E-state index is 10.9. The molecule has 4 nitrogen and oxygen atoms in total. The zero-order valence-electron chi connectivity index (χ0n) is 6.60. The molecule has 0 aliphatic rings. The first-order chi connectivity index (χ1) is 4.60. The molecule has 10 heavy (non-hydrogen) atoms. The number of hydrazine groups is 1. The van der Waals surface area contributed by atoms with Gasteiger partial charge >= 0.3 is 0 Å². The predicted molar refractivity (Wildman–Crippen MR) is 38.0 cm³/mol. The van der Waals surface area contributed by atoms with Gasteiger partial charge in [0.05, 0.1) is 0 Å². The zero-order chi connectivity index (χ0) is 8.20. The van der Waals surface area contributed by atoms with Crippen LogP contribution in [-0.2, 0) is 9.53 Å². The van der Waals surface area contributed by atoms with Crippen molar-refractivity contribution in [3.8, 4) is 0 Å². The monoisotopic (exact) mass is 146 g/mol. The Morgan fingerprint density at radius 1 is 1.80 bits per heavy atom. The van der Waals surface area contributed by atoms with Gasteiger partial charge in [-0.05, 0) is 13.3 Å². The standard InChI is InChI=1S/C6H14N2O2/c1-4-6(2,10-3)5(9)8-7/h4,7H2,1-3H3,(H,8,9). The molecule has 0 aliphatic carbocycles. The van der Waals surface area contributed by atoms with Gasteiger partial charge in [0.15, 0.2) is 0 Å². The van der Waals surface area contributed by atoms with Crippen LogP contribution in [0.2, 0.25) is 0 Å². The number of nitrogens with one attached hydrogen (secondary N) is 1. The van der Waals surface area contributed by atoms with Gasteiger partial charge in [0.1, 0.15) is 5.60 Å². The fourth-order valence-electron chi connectivity index (χ4n) is 0.550. The minimum atomic E-state index is -0.783. The van der Waals surface area contributed by atoms with Gasteiger partial charge < -0.3 is 4.74 Å². The van der Waals surface area contributed by atoms with E-state index in [9.17, 15) is 4.79 Å². The van der Waals surface area contributed by atoms with Crippen molar-refractivity contribution in [2.45, 2.75) is 25.9 Å². The summed E-state index contributed by atoms with van der Waals surface area (Å²) in [5, 5.41) is 0. The van der Waals surface area contributed by atoms with Crippen LogP contribution in [0.4, 0.5) is 0 Å². The molecule has 0 radical (unpaired) electrons. The SMILES string of the molecule is CCC(C)(OC)C(=O)NN. The Hall–Kier alpha value is -0.610. The number of rotatable bonds is 3. The van der Waals surface area contributed by atoms with E-state index >= 15 is 0 Å². The molecule has 0 saturated heterocycles. The summed E-state index contributed by atoms with van der Waals surface area (Å²) in [5.41, 5.74) is 1.26. The smallest absolute Gasteiger partial charge is 0.265 e. The minimum absolute atomic E-state index is 0.294. The Bertz CT molecular complexity index is 121. The van der Waals surface area contributed by atoms with E-state index in [2.05, 4.69) is 0 Å². The second-order valence-corrected chi connectivity index (χ2v) is 2.26. The van der Waals surface area contributed by atoms with E-state index in [1.54, 1.807) is 6.92 Å². The van der Waals surface area contributed by atoms with Crippen molar-refractivity contribution in [3.05, 3.63) is 0 Å². The molecule has 0 aromatic rings. The van der Waals surface area contributed by atoms with Gasteiger partial charge in [0, 0.05) is 7.11 Å². The molecule has 0 heterocycles. The van der Waals surface area contributed by atoms with Crippen LogP contribution in [0.15, 0.2) is 0 Å². The normalized spacial score (nSPS) is 16.0. The molecule has 60 valence electrons. The molecule has 1 unspecified atom stereocenters. The molecule has 0 spiro atoms. The second-order valence-electron chi connectivity index (χ2n) is 2.26. The summed E-state index contributed by atoms with van der Waals surface area (Å²) in [4.78, 5) is 10.9. The van der Waals surface area contributed by atoms with Crippen LogP contribution >= 0.6 is 0 Å². The molecule has 0 aromatic carbocycles. The van der Waals surface area contributed by atoms with Gasteiger partial charge in [0.25, 0.3) is 5.91 Å². The number of amides is 1. The maximum Gasteiger partial charge on any atom is 0.265 e. The van der Waals surface area contributed by atoms with Crippen molar-refractivity contribution in [1.82, 2.24) is 5.43 Å². The third-order valence-electron chi connectivity index (χ3n) is 1.74. The van der Waals surface area contributed by atoms with E-state index in [1.807, 2.05) is 12.3 Å². The molecule has 3 N–H and O–H groups in total. The minimum Gasteiger partial charge on any atom is -0.369 e. The van der Waals surface area contributed by atoms with Crippen LogP contribution in [0.3, 0.4) is 0 Å². The number of hydrogen-bond acceptors (Lipinski definition) is 3. The maximum absolute atomic E-state index is 10.9. The van der Waals surface area contributed by atoms with Gasteiger partial charge in [-0.2, -0.15) is 0 Å². The summed E-state index contributed by atoms with van der Waals surface area (Å²) in [5.74, 6) is 4.64. The summed E-state index contributed by atoms with van der Waals surface area (Å²) in [6, 6.07) is 0. The Labute approximate surface area is 60.7 Å². The average Bonchev–Trinajstić information content (AvgIpc) is 2.01. The fraction of sp³-hybridized carbons (Fsp3) is 0.833. The van der Waals surface area contributed by atoms with Crippen LogP contribution in [-0.4, -0.2) is 18.6 Å². The second kappa shape index (κ2) is 3.53. The molecular weight excluding hydrogens is 132 g/mol. The zero-order valence-corrected chi connectivity index (χ0v) is 6.60. The lowest BCUT2D eigenvalue weighted by atomic mass is 10.0. The third kappa shape index (κ3) is 1.68. The Balaban J connectivity index is 4.17. The summed E-state index contributed by atoms with van der Waals surface area (Å²) >= 11 is 0. The fourth-order valence-corrected chi connectivity index (χ4v) is 0.550. The quantitative estimate of drug-likeness (QED) is 0.329. The van der Waals surface area contributed by atoms with Crippen molar-refractivity contribution in [3.63, 3.8) is 0 Å². The van der Waals surface area contributed by atoms with E-state index < -0.39 is 5.60 Å². The molecule has 0 bridgehead atoms. The number of carbonyl (C=O) groups excluding carboxylic acids is 1. The first kappa shape index (κ1) is 9.39. The highest BCUT2D eigenvalue weighted by Crippen LogP contribution is 2.12. The van der Waals surface area contributed by atoms with Gasteiger partial charge in [-0.3, -0.25) is 10.2 Å². The van der Waals surface area contributed by atoms with E-state index in [-0.39, 0.29) is 5.91 Å². The molecule has 0 aromatic heterocycles. The lowest BCUT2D eigenvalue weighted by molar-refractivity contribution is -0.141. The molecule has 1 amide bonds. The van der Waals surface area contributed by atoms with E-state index in [1.165, 1.54) is 7.11 Å². The predicted octanol–water partition coefficient (Wildman–Crippen LogP) is -0.209. The molecule has 0 saturated carbocycles. The topological polar surface area (TPSA) is 64.3 Å². The number of hydrogen-bond donors (Lipinski definition) is 2. The Morgan fingerprint density at radius 2 is 2.30 bits per heavy atom. The number of carbonyl (C=O) groups is 1. The van der Waals surface area contributed by atoms with Crippen molar-refractivity contribution >= 4 is 5.91 Å². The molecule has 0 fully saturated rings. The molecule has 0 rings (SSSR count). The highest BCUT2D eigenvalue weighted by atomic mass is 16.5. The lowest BCUT2D eigenvalue weighted by Gasteiger charge is -2.23. The summed E-state index contributed by atoms with van der Waals surface area (Å²) < 4.78 is 4.95. The highest BCUT2D eigenvalue weighted by molar-refractivity contribution is 5.84. The largest absolute Gasteiger partial charge is 0.369 e. The number of methoxy groups -OCH3 is 1. The van der Waals surface area contributed by atoms with Crippen molar-refractivity contribution in [2.24, 2.45) is 5.84 Å². The number of ether oxygens (including phenoxy) is 1. The molecule has 0 aliphatic heterocycles. The molecule has 4 heteroatoms. The van der Waals surface area contributed by atoms with Crippen LogP contribution in [0.25, 0.3) is 0 Å². The van der Waals surface area contributed by atoms with Crippen LogP contribution < -0.4 is 11.3 Å².